The van der Waals surface area contributed by atoms with Gasteiger partial charge in [-0.15, -0.1) is 0 Å². The Morgan fingerprint density at radius 3 is 2.67 bits per heavy atom. The summed E-state index contributed by atoms with van der Waals surface area (Å²) in [5.41, 5.74) is 5.62. The molecule has 1 atom stereocenters. The minimum atomic E-state index is -0.228. The van der Waals surface area contributed by atoms with E-state index in [0.717, 1.165) is 25.7 Å². The molecule has 2 rings (SSSR count). The molecule has 86 valence electrons. The minimum Gasteiger partial charge on any atom is -0.368 e. The van der Waals surface area contributed by atoms with Crippen molar-refractivity contribution in [1.29, 1.82) is 0 Å². The highest BCUT2D eigenvalue weighted by atomic mass is 16.5. The maximum Gasteiger partial charge on any atom is 0.249 e. The van der Waals surface area contributed by atoms with E-state index in [4.69, 9.17) is 10.5 Å². The molecule has 1 amide bonds. The van der Waals surface area contributed by atoms with Crippen LogP contribution in [0.1, 0.15) is 38.5 Å². The lowest BCUT2D eigenvalue weighted by atomic mass is 9.97. The minimum absolute atomic E-state index is 0.0415. The van der Waals surface area contributed by atoms with Crippen molar-refractivity contribution in [2.45, 2.75) is 50.2 Å². The van der Waals surface area contributed by atoms with Crippen molar-refractivity contribution in [3.05, 3.63) is 0 Å². The molecule has 0 bridgehead atoms. The molecule has 0 aromatic carbocycles. The second kappa shape index (κ2) is 4.49. The van der Waals surface area contributed by atoms with Gasteiger partial charge in [0.15, 0.2) is 0 Å². The lowest BCUT2D eigenvalue weighted by Crippen LogP contribution is -2.54. The Morgan fingerprint density at radius 2 is 2.13 bits per heavy atom. The van der Waals surface area contributed by atoms with Crippen molar-refractivity contribution >= 4 is 5.91 Å². The molecule has 1 saturated heterocycles. The van der Waals surface area contributed by atoms with Gasteiger partial charge in [-0.2, -0.15) is 0 Å². The molecule has 2 aliphatic rings. The molecule has 1 aliphatic heterocycles. The van der Waals surface area contributed by atoms with Crippen LogP contribution in [0.15, 0.2) is 0 Å². The van der Waals surface area contributed by atoms with Crippen molar-refractivity contribution in [1.82, 2.24) is 5.32 Å². The van der Waals surface area contributed by atoms with Gasteiger partial charge in [-0.05, 0) is 25.7 Å². The smallest absolute Gasteiger partial charge is 0.249 e. The molecule has 1 saturated carbocycles. The van der Waals surface area contributed by atoms with Gasteiger partial charge in [-0.25, -0.2) is 0 Å². The highest BCUT2D eigenvalue weighted by molar-refractivity contribution is 5.81. The van der Waals surface area contributed by atoms with E-state index in [0.29, 0.717) is 13.2 Å². The summed E-state index contributed by atoms with van der Waals surface area (Å²) >= 11 is 0. The fourth-order valence-corrected chi connectivity index (χ4v) is 2.56. The normalized spacial score (nSPS) is 29.3. The van der Waals surface area contributed by atoms with Crippen LogP contribution in [0.3, 0.4) is 0 Å². The molecule has 0 radical (unpaired) electrons. The number of nitrogens with one attached hydrogen (secondary N) is 1. The van der Waals surface area contributed by atoms with E-state index in [1.54, 1.807) is 0 Å². The Labute approximate surface area is 90.5 Å². The van der Waals surface area contributed by atoms with Crippen LogP contribution < -0.4 is 11.1 Å². The molecule has 0 aromatic rings. The maximum absolute atomic E-state index is 11.9. The predicted octanol–water partition coefficient (Wildman–Crippen LogP) is 0.553. The average Bonchev–Trinajstić information content (AvgIpc) is 2.88. The third-order valence-corrected chi connectivity index (χ3v) is 3.56. The zero-order valence-electron chi connectivity index (χ0n) is 9.13. The first kappa shape index (κ1) is 10.9. The number of nitrogens with two attached hydrogens (primary N) is 1. The Balaban J connectivity index is 1.91. The third kappa shape index (κ3) is 2.32. The number of rotatable bonds is 3. The fraction of sp³-hybridized carbons (Fsp3) is 0.909. The summed E-state index contributed by atoms with van der Waals surface area (Å²) in [6.07, 6.45) is 5.99. The number of hydrogen-bond donors (Lipinski definition) is 2. The van der Waals surface area contributed by atoms with Crippen molar-refractivity contribution < 1.29 is 9.53 Å². The van der Waals surface area contributed by atoms with Gasteiger partial charge in [0.25, 0.3) is 0 Å². The summed E-state index contributed by atoms with van der Waals surface area (Å²) in [5.74, 6) is 0.0415. The number of carbonyl (C=O) groups excluding carboxylic acids is 1. The number of ether oxygens (including phenoxy) is 1. The van der Waals surface area contributed by atoms with Crippen LogP contribution in [0.25, 0.3) is 0 Å². The lowest BCUT2D eigenvalue weighted by molar-refractivity contribution is -0.132. The topological polar surface area (TPSA) is 64.3 Å². The molecule has 1 heterocycles. The lowest BCUT2D eigenvalue weighted by Gasteiger charge is -2.29. The monoisotopic (exact) mass is 212 g/mol. The summed E-state index contributed by atoms with van der Waals surface area (Å²) in [6.45, 7) is 1.26. The molecule has 0 spiro atoms. The molecule has 0 unspecified atom stereocenters. The van der Waals surface area contributed by atoms with E-state index in [1.165, 1.54) is 12.8 Å². The fourth-order valence-electron chi connectivity index (χ4n) is 2.56. The Hall–Kier alpha value is -0.610. The predicted molar refractivity (Wildman–Crippen MR) is 57.4 cm³/mol. The number of carbonyl (C=O) groups is 1. The van der Waals surface area contributed by atoms with E-state index >= 15 is 0 Å². The van der Waals surface area contributed by atoms with Crippen LogP contribution in [0.2, 0.25) is 0 Å². The van der Waals surface area contributed by atoms with Gasteiger partial charge in [0.1, 0.15) is 6.10 Å². The SMILES string of the molecule is NCC1(NC(=O)[C@H]2CCCO2)CCCC1. The van der Waals surface area contributed by atoms with Gasteiger partial charge in [0, 0.05) is 13.2 Å². The van der Waals surface area contributed by atoms with E-state index in [9.17, 15) is 4.79 Å². The van der Waals surface area contributed by atoms with Crippen molar-refractivity contribution in [3.8, 4) is 0 Å². The molecular formula is C11H20N2O2. The summed E-state index contributed by atoms with van der Waals surface area (Å²) < 4.78 is 5.36. The molecular weight excluding hydrogens is 192 g/mol. The molecule has 4 heteroatoms. The first-order valence-corrected chi connectivity index (χ1v) is 5.89. The van der Waals surface area contributed by atoms with Crippen LogP contribution in [-0.2, 0) is 9.53 Å². The largest absolute Gasteiger partial charge is 0.368 e. The van der Waals surface area contributed by atoms with Crippen LogP contribution in [0.4, 0.5) is 0 Å². The van der Waals surface area contributed by atoms with Gasteiger partial charge >= 0.3 is 0 Å². The molecule has 2 fully saturated rings. The highest BCUT2D eigenvalue weighted by Gasteiger charge is 2.36. The molecule has 15 heavy (non-hydrogen) atoms. The summed E-state index contributed by atoms with van der Waals surface area (Å²) in [5, 5.41) is 3.10. The third-order valence-electron chi connectivity index (χ3n) is 3.56. The van der Waals surface area contributed by atoms with E-state index in [2.05, 4.69) is 5.32 Å². The molecule has 1 aliphatic carbocycles. The molecule has 0 aromatic heterocycles. The van der Waals surface area contributed by atoms with Gasteiger partial charge < -0.3 is 15.8 Å². The molecule has 4 nitrogen and oxygen atoms in total. The second-order valence-electron chi connectivity index (χ2n) is 4.68. The van der Waals surface area contributed by atoms with Crippen molar-refractivity contribution in [3.63, 3.8) is 0 Å². The van der Waals surface area contributed by atoms with Crippen LogP contribution in [0.5, 0.6) is 0 Å². The van der Waals surface area contributed by atoms with Gasteiger partial charge in [0.05, 0.1) is 5.54 Å². The number of amides is 1. The van der Waals surface area contributed by atoms with E-state index in [1.807, 2.05) is 0 Å². The van der Waals surface area contributed by atoms with Crippen molar-refractivity contribution in [2.24, 2.45) is 5.73 Å². The van der Waals surface area contributed by atoms with Gasteiger partial charge in [0.2, 0.25) is 5.91 Å². The van der Waals surface area contributed by atoms with Crippen LogP contribution in [-0.4, -0.2) is 30.7 Å². The average molecular weight is 212 g/mol. The standard InChI is InChI=1S/C11H20N2O2/c12-8-11(5-1-2-6-11)13-10(14)9-4-3-7-15-9/h9H,1-8,12H2,(H,13,14)/t9-/m1/s1. The highest BCUT2D eigenvalue weighted by Crippen LogP contribution is 2.29. The Morgan fingerprint density at radius 1 is 1.40 bits per heavy atom. The van der Waals surface area contributed by atoms with E-state index < -0.39 is 0 Å². The van der Waals surface area contributed by atoms with Crippen LogP contribution in [0, 0.1) is 0 Å². The van der Waals surface area contributed by atoms with E-state index in [-0.39, 0.29) is 17.6 Å². The number of hydrogen-bond acceptors (Lipinski definition) is 3. The van der Waals surface area contributed by atoms with Gasteiger partial charge in [-0.3, -0.25) is 4.79 Å². The summed E-state index contributed by atoms with van der Waals surface area (Å²) in [6, 6.07) is 0. The molecule has 3 N–H and O–H groups in total. The summed E-state index contributed by atoms with van der Waals surface area (Å²) in [7, 11) is 0. The zero-order valence-corrected chi connectivity index (χ0v) is 9.13. The maximum atomic E-state index is 11.9. The second-order valence-corrected chi connectivity index (χ2v) is 4.68. The van der Waals surface area contributed by atoms with Crippen molar-refractivity contribution in [2.75, 3.05) is 13.2 Å². The zero-order chi connectivity index (χ0) is 10.7. The Bertz CT molecular complexity index is 231. The quantitative estimate of drug-likeness (QED) is 0.718. The Kier molecular flexibility index (Phi) is 3.26. The summed E-state index contributed by atoms with van der Waals surface area (Å²) in [4.78, 5) is 11.9. The first-order valence-electron chi connectivity index (χ1n) is 5.89. The van der Waals surface area contributed by atoms with Gasteiger partial charge in [-0.1, -0.05) is 12.8 Å². The van der Waals surface area contributed by atoms with Crippen LogP contribution >= 0.6 is 0 Å². The first-order chi connectivity index (χ1) is 7.26.